The van der Waals surface area contributed by atoms with Gasteiger partial charge in [0.25, 0.3) is 0 Å². The monoisotopic (exact) mass is 371 g/mol. The molecule has 0 saturated carbocycles. The Kier molecular flexibility index (Phi) is 7.15. The molecule has 26 heavy (non-hydrogen) atoms. The fraction of sp³-hybridized carbons (Fsp3) is 0.455. The Bertz CT molecular complexity index is 689. The van der Waals surface area contributed by atoms with Crippen molar-refractivity contribution in [3.63, 3.8) is 0 Å². The number of aryl methyl sites for hydroxylation is 1. The molecule has 3 rings (SSSR count). The van der Waals surface area contributed by atoms with Crippen LogP contribution in [0.5, 0.6) is 0 Å². The molecule has 0 aromatic heterocycles. The van der Waals surface area contributed by atoms with Crippen LogP contribution in [0.4, 0.5) is 0 Å². The van der Waals surface area contributed by atoms with E-state index in [9.17, 15) is 5.11 Å². The van der Waals surface area contributed by atoms with Crippen LogP contribution >= 0.6 is 11.8 Å². The van der Waals surface area contributed by atoms with E-state index >= 15 is 0 Å². The topological polar surface area (TPSA) is 32.7 Å². The van der Waals surface area contributed by atoms with E-state index in [1.165, 1.54) is 21.6 Å². The van der Waals surface area contributed by atoms with E-state index in [-0.39, 0.29) is 6.10 Å². The molecule has 3 nitrogen and oxygen atoms in total. The molecular formula is C22H29NO2S. The van der Waals surface area contributed by atoms with Crippen LogP contribution in [-0.4, -0.2) is 42.6 Å². The van der Waals surface area contributed by atoms with Gasteiger partial charge in [-0.2, -0.15) is 0 Å². The van der Waals surface area contributed by atoms with Crippen molar-refractivity contribution in [1.29, 1.82) is 0 Å². The molecule has 4 heteroatoms. The summed E-state index contributed by atoms with van der Waals surface area (Å²) >= 11 is 1.75. The van der Waals surface area contributed by atoms with Crippen molar-refractivity contribution in [2.24, 2.45) is 0 Å². The number of likely N-dealkylation sites (N-methyl/N-ethyl adjacent to an activating group) is 1. The zero-order chi connectivity index (χ0) is 18.4. The zero-order valence-electron chi connectivity index (χ0n) is 15.7. The largest absolute Gasteiger partial charge is 0.389 e. The van der Waals surface area contributed by atoms with Crippen molar-refractivity contribution in [2.75, 3.05) is 26.5 Å². The molecule has 0 radical (unpaired) electrons. The van der Waals surface area contributed by atoms with Gasteiger partial charge in [0.1, 0.15) is 0 Å². The normalized spacial score (nSPS) is 17.9. The summed E-state index contributed by atoms with van der Waals surface area (Å²) in [5.74, 6) is 0. The van der Waals surface area contributed by atoms with E-state index < -0.39 is 6.10 Å². The number of hydrogen-bond acceptors (Lipinski definition) is 4. The fourth-order valence-corrected chi connectivity index (χ4v) is 4.04. The number of nitrogens with zero attached hydrogens (tertiary/aromatic N) is 1. The van der Waals surface area contributed by atoms with Gasteiger partial charge in [0, 0.05) is 18.0 Å². The highest BCUT2D eigenvalue weighted by Crippen LogP contribution is 2.32. The second-order valence-corrected chi connectivity index (χ2v) is 7.99. The maximum atomic E-state index is 10.4. The Balaban J connectivity index is 1.46. The van der Waals surface area contributed by atoms with E-state index in [1.807, 2.05) is 7.05 Å². The number of benzene rings is 2. The van der Waals surface area contributed by atoms with Gasteiger partial charge in [0.05, 0.1) is 18.8 Å². The average molecular weight is 372 g/mol. The Morgan fingerprint density at radius 1 is 1.19 bits per heavy atom. The summed E-state index contributed by atoms with van der Waals surface area (Å²) in [6.07, 6.45) is 5.07. The second kappa shape index (κ2) is 9.56. The van der Waals surface area contributed by atoms with Crippen molar-refractivity contribution in [2.45, 2.75) is 42.9 Å². The van der Waals surface area contributed by atoms with Gasteiger partial charge in [-0.15, -0.1) is 11.8 Å². The fourth-order valence-electron chi connectivity index (χ4n) is 3.63. The summed E-state index contributed by atoms with van der Waals surface area (Å²) in [5.41, 5.74) is 3.96. The molecule has 2 unspecified atom stereocenters. The average Bonchev–Trinajstić information content (AvgIpc) is 2.67. The molecule has 2 atom stereocenters. The third-order valence-electron chi connectivity index (χ3n) is 4.94. The predicted molar refractivity (Wildman–Crippen MR) is 109 cm³/mol. The third-order valence-corrected chi connectivity index (χ3v) is 5.68. The van der Waals surface area contributed by atoms with Crippen LogP contribution in [0, 0.1) is 0 Å². The third kappa shape index (κ3) is 5.34. The summed E-state index contributed by atoms with van der Waals surface area (Å²) in [7, 11) is 2.04. The lowest BCUT2D eigenvalue weighted by Gasteiger charge is -2.27. The summed E-state index contributed by atoms with van der Waals surface area (Å²) < 4.78 is 6.07. The Labute approximate surface area is 161 Å². The van der Waals surface area contributed by atoms with Crippen molar-refractivity contribution >= 4 is 11.8 Å². The van der Waals surface area contributed by atoms with Crippen LogP contribution in [0.25, 0.3) is 0 Å². The van der Waals surface area contributed by atoms with Gasteiger partial charge in [-0.25, -0.2) is 0 Å². The number of ether oxygens (including phenoxy) is 1. The smallest absolute Gasteiger partial charge is 0.0900 e. The minimum atomic E-state index is -0.473. The van der Waals surface area contributed by atoms with Crippen molar-refractivity contribution < 1.29 is 9.84 Å². The molecule has 1 aliphatic carbocycles. The standard InChI is InChI=1S/C22H29NO2S/c1-23(14-17-10-12-20(26-2)13-11-17)15-19(24)16-25-22-9-5-7-18-6-3-4-8-21(18)22/h3-4,6,8,10-13,19,22,24H,5,7,9,14-16H2,1-2H3. The summed E-state index contributed by atoms with van der Waals surface area (Å²) in [6.45, 7) is 1.82. The molecule has 2 aromatic carbocycles. The summed E-state index contributed by atoms with van der Waals surface area (Å²) in [6, 6.07) is 17.1. The van der Waals surface area contributed by atoms with Crippen LogP contribution in [0.1, 0.15) is 35.6 Å². The van der Waals surface area contributed by atoms with E-state index in [1.54, 1.807) is 11.8 Å². The van der Waals surface area contributed by atoms with E-state index in [4.69, 9.17) is 4.74 Å². The molecule has 0 aliphatic heterocycles. The first-order valence-electron chi connectivity index (χ1n) is 9.34. The number of fused-ring (bicyclic) bond motifs is 1. The zero-order valence-corrected chi connectivity index (χ0v) is 16.5. The molecule has 0 amide bonds. The Morgan fingerprint density at radius 2 is 1.96 bits per heavy atom. The van der Waals surface area contributed by atoms with Gasteiger partial charge < -0.3 is 9.84 Å². The number of aliphatic hydroxyl groups is 1. The lowest BCUT2D eigenvalue weighted by molar-refractivity contribution is -0.0265. The maximum Gasteiger partial charge on any atom is 0.0900 e. The molecular weight excluding hydrogens is 342 g/mol. The van der Waals surface area contributed by atoms with Gasteiger partial charge in [-0.05, 0) is 61.4 Å². The molecule has 1 aliphatic rings. The second-order valence-electron chi connectivity index (χ2n) is 7.11. The molecule has 0 fully saturated rings. The number of rotatable bonds is 8. The summed E-state index contributed by atoms with van der Waals surface area (Å²) in [4.78, 5) is 3.43. The van der Waals surface area contributed by atoms with Crippen LogP contribution in [0.15, 0.2) is 53.4 Å². The molecule has 1 N–H and O–H groups in total. The van der Waals surface area contributed by atoms with Crippen LogP contribution in [0.3, 0.4) is 0 Å². The first-order valence-corrected chi connectivity index (χ1v) is 10.6. The highest BCUT2D eigenvalue weighted by atomic mass is 32.2. The molecule has 140 valence electrons. The molecule has 0 saturated heterocycles. The number of hydrogen-bond donors (Lipinski definition) is 1. The molecule has 0 bridgehead atoms. The molecule has 2 aromatic rings. The Morgan fingerprint density at radius 3 is 2.73 bits per heavy atom. The van der Waals surface area contributed by atoms with Crippen LogP contribution in [-0.2, 0) is 17.7 Å². The molecule has 0 spiro atoms. The predicted octanol–water partition coefficient (Wildman–Crippen LogP) is 4.30. The van der Waals surface area contributed by atoms with Crippen LogP contribution in [0.2, 0.25) is 0 Å². The highest BCUT2D eigenvalue weighted by Gasteiger charge is 2.21. The lowest BCUT2D eigenvalue weighted by atomic mass is 9.89. The van der Waals surface area contributed by atoms with Gasteiger partial charge in [-0.1, -0.05) is 36.4 Å². The minimum Gasteiger partial charge on any atom is -0.389 e. The van der Waals surface area contributed by atoms with Crippen molar-refractivity contribution in [1.82, 2.24) is 4.90 Å². The van der Waals surface area contributed by atoms with Gasteiger partial charge in [0.2, 0.25) is 0 Å². The maximum absolute atomic E-state index is 10.4. The lowest BCUT2D eigenvalue weighted by Crippen LogP contribution is -2.32. The van der Waals surface area contributed by atoms with E-state index in [2.05, 4.69) is 59.7 Å². The van der Waals surface area contributed by atoms with Gasteiger partial charge >= 0.3 is 0 Å². The Hall–Kier alpha value is -1.33. The highest BCUT2D eigenvalue weighted by molar-refractivity contribution is 7.98. The minimum absolute atomic E-state index is 0.124. The molecule has 0 heterocycles. The number of aliphatic hydroxyl groups excluding tert-OH is 1. The van der Waals surface area contributed by atoms with Crippen LogP contribution < -0.4 is 0 Å². The van der Waals surface area contributed by atoms with E-state index in [0.717, 1.165) is 25.8 Å². The first kappa shape index (κ1) is 19.4. The van der Waals surface area contributed by atoms with Gasteiger partial charge in [0.15, 0.2) is 0 Å². The quantitative estimate of drug-likeness (QED) is 0.702. The van der Waals surface area contributed by atoms with E-state index in [0.29, 0.717) is 13.2 Å². The van der Waals surface area contributed by atoms with Crippen molar-refractivity contribution in [3.8, 4) is 0 Å². The van der Waals surface area contributed by atoms with Gasteiger partial charge in [-0.3, -0.25) is 4.90 Å². The SMILES string of the molecule is CSc1ccc(CN(C)CC(O)COC2CCCc3ccccc32)cc1. The first-order chi connectivity index (χ1) is 12.7. The number of thioether (sulfide) groups is 1. The van der Waals surface area contributed by atoms with Crippen molar-refractivity contribution in [3.05, 3.63) is 65.2 Å². The summed E-state index contributed by atoms with van der Waals surface area (Å²) in [5, 5.41) is 10.4.